The number of amides is 1. The van der Waals surface area contributed by atoms with Crippen LogP contribution in [0.15, 0.2) is 65.6 Å². The third kappa shape index (κ3) is 6.52. The third-order valence-corrected chi connectivity index (χ3v) is 9.66. The van der Waals surface area contributed by atoms with Crippen LogP contribution in [0.25, 0.3) is 0 Å². The van der Waals surface area contributed by atoms with E-state index in [0.717, 1.165) is 11.1 Å². The van der Waals surface area contributed by atoms with Crippen LogP contribution in [0.2, 0.25) is 0 Å². The first kappa shape index (κ1) is 31.3. The van der Waals surface area contributed by atoms with E-state index in [2.05, 4.69) is 0 Å². The van der Waals surface area contributed by atoms with Crippen molar-refractivity contribution in [1.29, 1.82) is 0 Å². The summed E-state index contributed by atoms with van der Waals surface area (Å²) in [7, 11) is -0.561. The molecule has 2 aliphatic heterocycles. The van der Waals surface area contributed by atoms with Gasteiger partial charge in [-0.15, -0.1) is 0 Å². The van der Waals surface area contributed by atoms with Gasteiger partial charge >= 0.3 is 5.97 Å². The van der Waals surface area contributed by atoms with E-state index < -0.39 is 22.0 Å². The highest BCUT2D eigenvalue weighted by Gasteiger charge is 2.34. The zero-order valence-electron chi connectivity index (χ0n) is 25.0. The number of morpholine rings is 1. The van der Waals surface area contributed by atoms with E-state index in [1.165, 1.54) is 16.4 Å². The van der Waals surface area contributed by atoms with Gasteiger partial charge in [0.2, 0.25) is 10.0 Å². The molecule has 44 heavy (non-hydrogen) atoms. The lowest BCUT2D eigenvalue weighted by Gasteiger charge is -2.37. The summed E-state index contributed by atoms with van der Waals surface area (Å²) in [6.45, 7) is 3.83. The summed E-state index contributed by atoms with van der Waals surface area (Å²) in [4.78, 5) is 27.8. The molecule has 2 aliphatic rings. The van der Waals surface area contributed by atoms with E-state index in [0.29, 0.717) is 54.6 Å². The number of nitrogens with zero attached hydrogens (tertiary/aromatic N) is 2. The van der Waals surface area contributed by atoms with Gasteiger partial charge < -0.3 is 28.6 Å². The Labute approximate surface area is 257 Å². The summed E-state index contributed by atoms with van der Waals surface area (Å²) in [5.74, 6) is 0.976. The van der Waals surface area contributed by atoms with Crippen LogP contribution in [-0.2, 0) is 25.9 Å². The highest BCUT2D eigenvalue weighted by molar-refractivity contribution is 7.89. The van der Waals surface area contributed by atoms with Crippen LogP contribution in [0.5, 0.6) is 17.2 Å². The predicted octanol–water partition coefficient (Wildman–Crippen LogP) is 3.72. The van der Waals surface area contributed by atoms with Crippen molar-refractivity contribution in [3.8, 4) is 17.2 Å². The monoisotopic (exact) mass is 624 g/mol. The second-order valence-corrected chi connectivity index (χ2v) is 12.2. The molecule has 11 nitrogen and oxygen atoms in total. The minimum Gasteiger partial charge on any atom is -0.493 e. The average Bonchev–Trinajstić information content (AvgIpc) is 3.06. The van der Waals surface area contributed by atoms with Gasteiger partial charge in [-0.25, -0.2) is 13.2 Å². The van der Waals surface area contributed by atoms with Crippen LogP contribution in [0.1, 0.15) is 44.8 Å². The van der Waals surface area contributed by atoms with Crippen molar-refractivity contribution in [3.63, 3.8) is 0 Å². The van der Waals surface area contributed by atoms with Crippen molar-refractivity contribution >= 4 is 21.9 Å². The molecule has 12 heteroatoms. The first-order valence-electron chi connectivity index (χ1n) is 14.4. The molecule has 1 saturated heterocycles. The molecule has 0 radical (unpaired) electrons. The summed E-state index contributed by atoms with van der Waals surface area (Å²) >= 11 is 0. The number of esters is 1. The van der Waals surface area contributed by atoms with Crippen molar-refractivity contribution in [3.05, 3.63) is 82.9 Å². The fourth-order valence-electron chi connectivity index (χ4n) is 5.40. The maximum Gasteiger partial charge on any atom is 0.338 e. The minimum absolute atomic E-state index is 0.121. The molecule has 1 atom stereocenters. The fourth-order valence-corrected chi connectivity index (χ4v) is 6.81. The van der Waals surface area contributed by atoms with Gasteiger partial charge in [-0.3, -0.25) is 4.79 Å². The van der Waals surface area contributed by atoms with Crippen LogP contribution in [0.4, 0.5) is 0 Å². The Morgan fingerprint density at radius 3 is 2.16 bits per heavy atom. The highest BCUT2D eigenvalue weighted by Crippen LogP contribution is 2.39. The van der Waals surface area contributed by atoms with Gasteiger partial charge in [0.25, 0.3) is 5.91 Å². The number of carbonyl (C=O) groups is 2. The Hall–Kier alpha value is -4.13. The molecule has 1 fully saturated rings. The SMILES string of the molecule is CCOC(=O)c1ccc(OCC2c3cc(OC)c(OC)cc3CCN2C(=O)c2ccc(S(=O)(=O)N3CCOCC3)cc2)cc1. The van der Waals surface area contributed by atoms with Crippen molar-refractivity contribution in [2.45, 2.75) is 24.3 Å². The largest absolute Gasteiger partial charge is 0.493 e. The number of fused-ring (bicyclic) bond motifs is 1. The van der Waals surface area contributed by atoms with Gasteiger partial charge in [0, 0.05) is 25.2 Å². The smallest absolute Gasteiger partial charge is 0.338 e. The van der Waals surface area contributed by atoms with E-state index in [-0.39, 0.29) is 37.1 Å². The van der Waals surface area contributed by atoms with Crippen LogP contribution in [0.3, 0.4) is 0 Å². The summed E-state index contributed by atoms with van der Waals surface area (Å²) in [5, 5.41) is 0. The van der Waals surface area contributed by atoms with Crippen molar-refractivity contribution < 1.29 is 41.7 Å². The molecule has 0 N–H and O–H groups in total. The number of hydrogen-bond acceptors (Lipinski definition) is 9. The van der Waals surface area contributed by atoms with E-state index in [9.17, 15) is 18.0 Å². The van der Waals surface area contributed by atoms with Gasteiger partial charge in [0.1, 0.15) is 12.4 Å². The molecular weight excluding hydrogens is 588 g/mol. The van der Waals surface area contributed by atoms with Gasteiger partial charge in [0.15, 0.2) is 11.5 Å². The fraction of sp³-hybridized carbons (Fsp3) is 0.375. The lowest BCUT2D eigenvalue weighted by molar-refractivity contribution is 0.0524. The molecule has 0 spiro atoms. The molecule has 2 heterocycles. The van der Waals surface area contributed by atoms with Crippen molar-refractivity contribution in [1.82, 2.24) is 9.21 Å². The number of benzene rings is 3. The molecule has 0 aromatic heterocycles. The first-order chi connectivity index (χ1) is 21.3. The Balaban J connectivity index is 1.41. The quantitative estimate of drug-likeness (QED) is 0.311. The number of hydrogen-bond donors (Lipinski definition) is 0. The van der Waals surface area contributed by atoms with Crippen LogP contribution in [-0.4, -0.2) is 89.8 Å². The van der Waals surface area contributed by atoms with Gasteiger partial charge in [-0.2, -0.15) is 4.31 Å². The zero-order valence-corrected chi connectivity index (χ0v) is 25.8. The maximum atomic E-state index is 13.9. The Morgan fingerprint density at radius 2 is 1.52 bits per heavy atom. The Bertz CT molecular complexity index is 1590. The van der Waals surface area contributed by atoms with Gasteiger partial charge in [0.05, 0.1) is 50.5 Å². The standard InChI is InChI=1S/C32H36N2O9S/c1-4-42-32(36)23-5-9-25(10-6-23)43-21-28-27-20-30(40-3)29(39-2)19-24(27)13-14-34(28)31(35)22-7-11-26(12-8-22)44(37,38)33-15-17-41-18-16-33/h5-12,19-20,28H,4,13-18,21H2,1-3H3. The topological polar surface area (TPSA) is 121 Å². The number of carbonyl (C=O) groups excluding carboxylic acids is 2. The Kier molecular flexibility index (Phi) is 9.72. The van der Waals surface area contributed by atoms with Gasteiger partial charge in [-0.1, -0.05) is 0 Å². The van der Waals surface area contributed by atoms with Gasteiger partial charge in [-0.05, 0) is 85.1 Å². The normalized spacial score (nSPS) is 17.0. The summed E-state index contributed by atoms with van der Waals surface area (Å²) in [6.07, 6.45) is 0.579. The molecule has 0 saturated carbocycles. The molecule has 0 bridgehead atoms. The van der Waals surface area contributed by atoms with E-state index in [4.69, 9.17) is 23.7 Å². The number of ether oxygens (including phenoxy) is 5. The summed E-state index contributed by atoms with van der Waals surface area (Å²) < 4.78 is 55.1. The van der Waals surface area contributed by atoms with Crippen molar-refractivity contribution in [2.75, 3.05) is 60.3 Å². The second-order valence-electron chi connectivity index (χ2n) is 10.3. The molecule has 0 aliphatic carbocycles. The molecule has 3 aromatic rings. The number of sulfonamides is 1. The molecule has 1 amide bonds. The summed E-state index contributed by atoms with van der Waals surface area (Å²) in [6, 6.07) is 16.0. The molecule has 234 valence electrons. The lowest BCUT2D eigenvalue weighted by atomic mass is 9.91. The average molecular weight is 625 g/mol. The van der Waals surface area contributed by atoms with Crippen LogP contribution >= 0.6 is 0 Å². The molecule has 3 aromatic carbocycles. The highest BCUT2D eigenvalue weighted by atomic mass is 32.2. The Morgan fingerprint density at radius 1 is 0.886 bits per heavy atom. The summed E-state index contributed by atoms with van der Waals surface area (Å²) in [5.41, 5.74) is 2.63. The van der Waals surface area contributed by atoms with Crippen LogP contribution < -0.4 is 14.2 Å². The molecule has 1 unspecified atom stereocenters. The maximum absolute atomic E-state index is 13.9. The number of methoxy groups -OCH3 is 2. The zero-order chi connectivity index (χ0) is 31.3. The molecule has 5 rings (SSSR count). The number of rotatable bonds is 10. The second kappa shape index (κ2) is 13.7. The minimum atomic E-state index is -3.69. The molecular formula is C32H36N2O9S. The van der Waals surface area contributed by atoms with E-state index in [1.807, 2.05) is 12.1 Å². The van der Waals surface area contributed by atoms with Crippen LogP contribution in [0, 0.1) is 0 Å². The first-order valence-corrected chi connectivity index (χ1v) is 15.8. The third-order valence-electron chi connectivity index (χ3n) is 7.75. The van der Waals surface area contributed by atoms with E-state index >= 15 is 0 Å². The van der Waals surface area contributed by atoms with E-state index in [1.54, 1.807) is 62.4 Å². The van der Waals surface area contributed by atoms with Crippen molar-refractivity contribution in [2.24, 2.45) is 0 Å². The predicted molar refractivity (Wildman–Crippen MR) is 161 cm³/mol. The lowest BCUT2D eigenvalue weighted by Crippen LogP contribution is -2.42.